The average molecular weight is 493 g/mol. The number of carbonyl (C=O) groups is 2. The highest BCUT2D eigenvalue weighted by atomic mass is 35.5. The van der Waals surface area contributed by atoms with Crippen LogP contribution in [0.1, 0.15) is 26.3 Å². The molecule has 0 N–H and O–H groups in total. The quantitative estimate of drug-likeness (QED) is 0.314. The molecule has 0 aromatic heterocycles. The second kappa shape index (κ2) is 10.2. The number of halogens is 2. The molecule has 166 valence electrons. The van der Waals surface area contributed by atoms with E-state index in [0.29, 0.717) is 5.56 Å². The normalized spacial score (nSPS) is 11.5. The topological polar surface area (TPSA) is 78.9 Å². The van der Waals surface area contributed by atoms with Gasteiger partial charge in [0.1, 0.15) is 11.1 Å². The first-order valence-corrected chi connectivity index (χ1v) is 11.5. The molecule has 0 bridgehead atoms. The van der Waals surface area contributed by atoms with Gasteiger partial charge in [-0.3, -0.25) is 9.59 Å². The van der Waals surface area contributed by atoms with Crippen molar-refractivity contribution in [2.75, 3.05) is 21.3 Å². The van der Waals surface area contributed by atoms with Gasteiger partial charge in [-0.05, 0) is 18.2 Å². The molecule has 0 heterocycles. The predicted molar refractivity (Wildman–Crippen MR) is 125 cm³/mol. The van der Waals surface area contributed by atoms with Crippen LogP contribution in [0.2, 0.25) is 10.0 Å². The minimum Gasteiger partial charge on any atom is -0.496 e. The molecule has 1 atom stereocenters. The maximum absolute atomic E-state index is 13.4. The van der Waals surface area contributed by atoms with Crippen LogP contribution < -0.4 is 19.5 Å². The summed E-state index contributed by atoms with van der Waals surface area (Å²) in [6.45, 7) is 0. The van der Waals surface area contributed by atoms with E-state index in [9.17, 15) is 14.2 Å². The number of methoxy groups -OCH3 is 3. The molecule has 0 aliphatic rings. The summed E-state index contributed by atoms with van der Waals surface area (Å²) in [6.07, 6.45) is 0. The third kappa shape index (κ3) is 4.40. The Labute approximate surface area is 195 Å². The van der Waals surface area contributed by atoms with Crippen LogP contribution in [-0.2, 0) is 4.57 Å². The van der Waals surface area contributed by atoms with Crippen LogP contribution in [0.3, 0.4) is 0 Å². The number of carbonyl (C=O) groups excluding carboxylic acids is 2. The Balaban J connectivity index is 2.22. The van der Waals surface area contributed by atoms with Crippen molar-refractivity contribution in [3.8, 4) is 17.2 Å². The van der Waals surface area contributed by atoms with Crippen LogP contribution >= 0.6 is 31.0 Å². The molecule has 3 rings (SSSR count). The number of rotatable bonds is 8. The molecule has 0 amide bonds. The number of benzene rings is 3. The van der Waals surface area contributed by atoms with Gasteiger partial charge in [0, 0.05) is 5.56 Å². The molecular weight excluding hydrogens is 474 g/mol. The SMILES string of the molecule is COc1cc(C(=O)c2ccccc2)c(OC)c(OC)c1[PH](=O)C(=O)c1c(Cl)cccc1Cl. The molecule has 6 nitrogen and oxygen atoms in total. The van der Waals surface area contributed by atoms with E-state index in [1.165, 1.54) is 39.5 Å². The lowest BCUT2D eigenvalue weighted by molar-refractivity contribution is 0.103. The van der Waals surface area contributed by atoms with Crippen molar-refractivity contribution in [1.82, 2.24) is 0 Å². The van der Waals surface area contributed by atoms with Crippen molar-refractivity contribution < 1.29 is 28.4 Å². The zero-order chi connectivity index (χ0) is 23.4. The van der Waals surface area contributed by atoms with Crippen molar-refractivity contribution >= 4 is 47.6 Å². The van der Waals surface area contributed by atoms with Gasteiger partial charge in [-0.15, -0.1) is 0 Å². The molecule has 0 saturated carbocycles. The van der Waals surface area contributed by atoms with Gasteiger partial charge < -0.3 is 18.8 Å². The number of hydrogen-bond donors (Lipinski definition) is 0. The minimum atomic E-state index is -3.26. The predicted octanol–water partition coefficient (Wildman–Crippen LogP) is 5.28. The molecule has 1 unspecified atom stereocenters. The fourth-order valence-electron chi connectivity index (χ4n) is 3.25. The molecule has 3 aromatic rings. The Bertz CT molecular complexity index is 1190. The number of ketones is 1. The average Bonchev–Trinajstić information content (AvgIpc) is 2.81. The molecule has 32 heavy (non-hydrogen) atoms. The van der Waals surface area contributed by atoms with Crippen molar-refractivity contribution in [2.45, 2.75) is 0 Å². The lowest BCUT2D eigenvalue weighted by Gasteiger charge is -2.19. The Morgan fingerprint density at radius 1 is 0.812 bits per heavy atom. The van der Waals surface area contributed by atoms with Crippen LogP contribution in [0.5, 0.6) is 17.2 Å². The van der Waals surface area contributed by atoms with E-state index in [4.69, 9.17) is 37.4 Å². The Kier molecular flexibility index (Phi) is 7.62. The van der Waals surface area contributed by atoms with Gasteiger partial charge in [-0.2, -0.15) is 0 Å². The molecule has 0 fully saturated rings. The monoisotopic (exact) mass is 492 g/mol. The fraction of sp³-hybridized carbons (Fsp3) is 0.130. The summed E-state index contributed by atoms with van der Waals surface area (Å²) in [4.78, 5) is 26.2. The standard InChI is InChI=1S/C23H19Cl2O6P/c1-29-17-12-14(19(26)13-8-5-4-6-9-13)20(30-2)21(31-3)22(17)32(28)23(27)18-15(24)10-7-11-16(18)25/h4-12,32H,1-3H3. The lowest BCUT2D eigenvalue weighted by atomic mass is 10.0. The third-order valence-corrected chi connectivity index (χ3v) is 6.95. The summed E-state index contributed by atoms with van der Waals surface area (Å²) in [5.74, 6) is -0.312. The van der Waals surface area contributed by atoms with Crippen LogP contribution in [0, 0.1) is 0 Å². The highest BCUT2D eigenvalue weighted by Crippen LogP contribution is 2.44. The highest BCUT2D eigenvalue weighted by Gasteiger charge is 2.32. The van der Waals surface area contributed by atoms with Crippen molar-refractivity contribution in [3.63, 3.8) is 0 Å². The fourth-order valence-corrected chi connectivity index (χ4v) is 5.52. The van der Waals surface area contributed by atoms with Gasteiger partial charge in [0.05, 0.1) is 42.5 Å². The van der Waals surface area contributed by atoms with Crippen LogP contribution in [-0.4, -0.2) is 32.6 Å². The van der Waals surface area contributed by atoms with E-state index in [1.54, 1.807) is 36.4 Å². The highest BCUT2D eigenvalue weighted by molar-refractivity contribution is 7.72. The second-order valence-electron chi connectivity index (χ2n) is 6.52. The van der Waals surface area contributed by atoms with Crippen LogP contribution in [0.15, 0.2) is 54.6 Å². The first kappa shape index (κ1) is 23.9. The number of ether oxygens (including phenoxy) is 3. The summed E-state index contributed by atoms with van der Waals surface area (Å²) in [5.41, 5.74) is -0.290. The molecule has 9 heteroatoms. The van der Waals surface area contributed by atoms with Crippen LogP contribution in [0.4, 0.5) is 0 Å². The molecular formula is C23H19Cl2O6P. The van der Waals surface area contributed by atoms with Crippen molar-refractivity contribution in [3.05, 3.63) is 81.3 Å². The molecule has 0 radical (unpaired) electrons. The van der Waals surface area contributed by atoms with E-state index in [-0.39, 0.29) is 49.5 Å². The summed E-state index contributed by atoms with van der Waals surface area (Å²) in [6, 6.07) is 14.5. The smallest absolute Gasteiger partial charge is 0.226 e. The molecule has 0 saturated heterocycles. The van der Waals surface area contributed by atoms with Crippen molar-refractivity contribution in [1.29, 1.82) is 0 Å². The van der Waals surface area contributed by atoms with E-state index in [0.717, 1.165) is 0 Å². The molecule has 0 aliphatic carbocycles. The van der Waals surface area contributed by atoms with Gasteiger partial charge in [0.2, 0.25) is 5.52 Å². The van der Waals surface area contributed by atoms with Gasteiger partial charge in [-0.25, -0.2) is 0 Å². The third-order valence-electron chi connectivity index (χ3n) is 4.73. The first-order valence-electron chi connectivity index (χ1n) is 9.31. The first-order chi connectivity index (χ1) is 15.3. The van der Waals surface area contributed by atoms with Gasteiger partial charge in [-0.1, -0.05) is 59.6 Å². The maximum atomic E-state index is 13.4. The summed E-state index contributed by atoms with van der Waals surface area (Å²) < 4.78 is 29.7. The van der Waals surface area contributed by atoms with Crippen molar-refractivity contribution in [2.24, 2.45) is 0 Å². The Morgan fingerprint density at radius 2 is 1.41 bits per heavy atom. The van der Waals surface area contributed by atoms with E-state index < -0.39 is 13.3 Å². The van der Waals surface area contributed by atoms with E-state index in [2.05, 4.69) is 0 Å². The van der Waals surface area contributed by atoms with Gasteiger partial charge >= 0.3 is 0 Å². The molecule has 3 aromatic carbocycles. The molecule has 0 spiro atoms. The zero-order valence-electron chi connectivity index (χ0n) is 17.4. The molecule has 0 aliphatic heterocycles. The van der Waals surface area contributed by atoms with Gasteiger partial charge in [0.15, 0.2) is 25.1 Å². The van der Waals surface area contributed by atoms with E-state index >= 15 is 0 Å². The minimum absolute atomic E-state index is 0.0255. The Morgan fingerprint density at radius 3 is 1.94 bits per heavy atom. The summed E-state index contributed by atoms with van der Waals surface area (Å²) in [7, 11) is 0.741. The van der Waals surface area contributed by atoms with Crippen LogP contribution in [0.25, 0.3) is 0 Å². The van der Waals surface area contributed by atoms with E-state index in [1.807, 2.05) is 0 Å². The lowest BCUT2D eigenvalue weighted by Crippen LogP contribution is -2.16. The summed E-state index contributed by atoms with van der Waals surface area (Å²) >= 11 is 12.3. The largest absolute Gasteiger partial charge is 0.496 e. The number of hydrogen-bond acceptors (Lipinski definition) is 6. The summed E-state index contributed by atoms with van der Waals surface area (Å²) in [5, 5.41) is 0.116. The van der Waals surface area contributed by atoms with Gasteiger partial charge in [0.25, 0.3) is 0 Å². The zero-order valence-corrected chi connectivity index (χ0v) is 19.9. The Hall–Kier alpha value is -2.79. The maximum Gasteiger partial charge on any atom is 0.226 e. The second-order valence-corrected chi connectivity index (χ2v) is 8.94.